The average Bonchev–Trinajstić information content (AvgIpc) is 2.93. The third-order valence-electron chi connectivity index (χ3n) is 3.04. The van der Waals surface area contributed by atoms with Gasteiger partial charge in [-0.1, -0.05) is 12.1 Å². The van der Waals surface area contributed by atoms with E-state index in [2.05, 4.69) is 4.98 Å². The summed E-state index contributed by atoms with van der Waals surface area (Å²) >= 11 is 0.727. The largest absolute Gasteiger partial charge is 0.446 e. The molecule has 0 aliphatic rings. The number of para-hydroxylation sites is 1. The quantitative estimate of drug-likeness (QED) is 0.291. The molecule has 0 spiro atoms. The molecule has 0 unspecified atom stereocenters. The summed E-state index contributed by atoms with van der Waals surface area (Å²) in [6.45, 7) is 0. The Hall–Kier alpha value is -1.37. The van der Waals surface area contributed by atoms with Crippen LogP contribution in [0, 0.1) is 0 Å². The Morgan fingerprint density at radius 2 is 1.46 bits per heavy atom. The topological polar surface area (TPSA) is 30.0 Å². The number of thiazole rings is 1. The summed E-state index contributed by atoms with van der Waals surface area (Å²) in [4.78, 5) is 15.7. The van der Waals surface area contributed by atoms with Crippen molar-refractivity contribution in [1.29, 1.82) is 0 Å². The molecule has 0 aliphatic carbocycles. The smallest absolute Gasteiger partial charge is 0.281 e. The van der Waals surface area contributed by atoms with E-state index in [-0.39, 0.29) is 5.56 Å². The average molecular weight is 471 g/mol. The zero-order valence-electron chi connectivity index (χ0n) is 13.3. The number of carbonyl (C=O) groups excluding carboxylic acids is 1. The van der Waals surface area contributed by atoms with Crippen LogP contribution in [0.2, 0.25) is 0 Å². The minimum absolute atomic E-state index is 0.259. The number of hydrogen-bond donors (Lipinski definition) is 0. The third-order valence-corrected chi connectivity index (χ3v) is 6.46. The number of fused-ring (bicyclic) bond motifs is 1. The molecule has 0 atom stereocenters. The van der Waals surface area contributed by atoms with Crippen LogP contribution in [0.3, 0.4) is 0 Å². The van der Waals surface area contributed by atoms with E-state index in [1.165, 1.54) is 11.3 Å². The maximum Gasteiger partial charge on any atom is 0.446 e. The van der Waals surface area contributed by atoms with E-state index in [0.717, 1.165) is 22.9 Å². The number of nitrogens with zero attached hydrogens (tertiary/aromatic N) is 1. The summed E-state index contributed by atoms with van der Waals surface area (Å²) in [5, 5.41) is -0.687. The van der Waals surface area contributed by atoms with Gasteiger partial charge in [0, 0.05) is 15.4 Å². The van der Waals surface area contributed by atoms with Gasteiger partial charge in [-0.2, -0.15) is 26.3 Å². The first-order chi connectivity index (χ1) is 13.0. The molecule has 0 fully saturated rings. The summed E-state index contributed by atoms with van der Waals surface area (Å²) in [7, 11) is 0. The van der Waals surface area contributed by atoms with Crippen LogP contribution < -0.4 is 0 Å². The lowest BCUT2D eigenvalue weighted by molar-refractivity contribution is -0.0334. The second-order valence-corrected chi connectivity index (χ2v) is 9.65. The van der Waals surface area contributed by atoms with Crippen LogP contribution in [0.25, 0.3) is 10.2 Å². The normalized spacial score (nSPS) is 12.5. The minimum atomic E-state index is -4.69. The van der Waals surface area contributed by atoms with Gasteiger partial charge in [0.2, 0.25) is 5.12 Å². The zero-order chi connectivity index (χ0) is 20.5. The first kappa shape index (κ1) is 21.3. The van der Waals surface area contributed by atoms with E-state index in [0.29, 0.717) is 21.6 Å². The predicted molar refractivity (Wildman–Crippen MR) is 100 cm³/mol. The van der Waals surface area contributed by atoms with Crippen LogP contribution in [0.5, 0.6) is 0 Å². The summed E-state index contributed by atoms with van der Waals surface area (Å²) in [5.74, 6) is 0. The van der Waals surface area contributed by atoms with Crippen LogP contribution in [0.4, 0.5) is 26.3 Å². The number of carbonyl (C=O) groups is 1. The molecule has 3 aromatic rings. The molecule has 2 nitrogen and oxygen atoms in total. The fourth-order valence-corrected chi connectivity index (χ4v) is 5.36. The Bertz CT molecular complexity index is 947. The maximum absolute atomic E-state index is 12.6. The van der Waals surface area contributed by atoms with Crippen molar-refractivity contribution < 1.29 is 31.1 Å². The molecule has 0 saturated carbocycles. The number of rotatable bonds is 4. The molecule has 0 saturated heterocycles. The summed E-state index contributed by atoms with van der Waals surface area (Å²) in [5.41, 5.74) is -8.99. The Morgan fingerprint density at radius 3 is 2.00 bits per heavy atom. The number of alkyl halides is 6. The molecule has 1 heterocycles. The van der Waals surface area contributed by atoms with Crippen molar-refractivity contribution in [3.63, 3.8) is 0 Å². The van der Waals surface area contributed by atoms with Crippen molar-refractivity contribution in [2.45, 2.75) is 25.1 Å². The van der Waals surface area contributed by atoms with Gasteiger partial charge in [0.25, 0.3) is 0 Å². The molecule has 2 aromatic carbocycles. The second-order valence-electron chi connectivity index (χ2n) is 5.13. The van der Waals surface area contributed by atoms with E-state index in [1.54, 1.807) is 24.3 Å². The number of benzene rings is 2. The van der Waals surface area contributed by atoms with Gasteiger partial charge in [-0.3, -0.25) is 4.79 Å². The van der Waals surface area contributed by atoms with Gasteiger partial charge in [-0.05, 0) is 65.6 Å². The van der Waals surface area contributed by atoms with Crippen LogP contribution in [0.15, 0.2) is 56.6 Å². The summed E-state index contributed by atoms with van der Waals surface area (Å²) in [6.07, 6.45) is 0. The van der Waals surface area contributed by atoms with Gasteiger partial charge in [0.05, 0.1) is 10.2 Å². The Labute approximate surface area is 171 Å². The molecular formula is C16H7F6NOS4. The van der Waals surface area contributed by atoms with E-state index in [1.807, 2.05) is 0 Å². The van der Waals surface area contributed by atoms with Crippen molar-refractivity contribution in [2.75, 3.05) is 0 Å². The van der Waals surface area contributed by atoms with E-state index in [4.69, 9.17) is 0 Å². The third kappa shape index (κ3) is 6.06. The standard InChI is InChI=1S/C16H7F6NOS4/c17-15(18,19)27-9-5-8(6-10(7-9)28-16(20,21)22)13(24)26-14-23-11-3-1-2-4-12(11)25-14/h1-7H. The fourth-order valence-electron chi connectivity index (χ4n) is 2.11. The number of hydrogen-bond acceptors (Lipinski definition) is 6. The van der Waals surface area contributed by atoms with Crippen molar-refractivity contribution in [3.8, 4) is 0 Å². The lowest BCUT2D eigenvalue weighted by Crippen LogP contribution is -2.03. The predicted octanol–water partition coefficient (Wildman–Crippen LogP) is 7.45. The van der Waals surface area contributed by atoms with E-state index in [9.17, 15) is 31.1 Å². The fraction of sp³-hybridized carbons (Fsp3) is 0.125. The lowest BCUT2D eigenvalue weighted by atomic mass is 10.2. The molecule has 3 rings (SSSR count). The SMILES string of the molecule is O=C(Sc1nc2ccccc2s1)c1cc(SC(F)(F)F)cc(SC(F)(F)F)c1. The lowest BCUT2D eigenvalue weighted by Gasteiger charge is -2.11. The van der Waals surface area contributed by atoms with Gasteiger partial charge >= 0.3 is 11.0 Å². The van der Waals surface area contributed by atoms with Crippen molar-refractivity contribution >= 4 is 62.0 Å². The van der Waals surface area contributed by atoms with Gasteiger partial charge < -0.3 is 0 Å². The van der Waals surface area contributed by atoms with Crippen molar-refractivity contribution in [3.05, 3.63) is 48.0 Å². The number of thioether (sulfide) groups is 3. The molecule has 28 heavy (non-hydrogen) atoms. The highest BCUT2D eigenvalue weighted by Crippen LogP contribution is 2.43. The van der Waals surface area contributed by atoms with Crippen LogP contribution in [0.1, 0.15) is 10.4 Å². The highest BCUT2D eigenvalue weighted by molar-refractivity contribution is 8.15. The number of aromatic nitrogens is 1. The second kappa shape index (κ2) is 8.17. The van der Waals surface area contributed by atoms with Crippen LogP contribution in [-0.4, -0.2) is 21.1 Å². The Kier molecular flexibility index (Phi) is 6.23. The Balaban J connectivity index is 1.90. The van der Waals surface area contributed by atoms with Crippen molar-refractivity contribution in [2.24, 2.45) is 0 Å². The molecule has 0 amide bonds. The maximum atomic E-state index is 12.6. The molecule has 148 valence electrons. The molecule has 0 aliphatic heterocycles. The van der Waals surface area contributed by atoms with Gasteiger partial charge in [0.15, 0.2) is 4.34 Å². The number of halogens is 6. The van der Waals surface area contributed by atoms with Gasteiger partial charge in [0.1, 0.15) is 0 Å². The summed E-state index contributed by atoms with van der Waals surface area (Å²) in [6, 6.07) is 9.70. The first-order valence-corrected chi connectivity index (χ1v) is 10.5. The highest BCUT2D eigenvalue weighted by atomic mass is 32.2. The monoisotopic (exact) mass is 471 g/mol. The molecule has 0 radical (unpaired) electrons. The molecule has 0 N–H and O–H groups in total. The molecule has 1 aromatic heterocycles. The van der Waals surface area contributed by atoms with Crippen LogP contribution in [-0.2, 0) is 0 Å². The van der Waals surface area contributed by atoms with E-state index < -0.39 is 49.4 Å². The summed E-state index contributed by atoms with van der Waals surface area (Å²) < 4.78 is 77.0. The Morgan fingerprint density at radius 1 is 0.893 bits per heavy atom. The van der Waals surface area contributed by atoms with E-state index >= 15 is 0 Å². The first-order valence-electron chi connectivity index (χ1n) is 7.23. The van der Waals surface area contributed by atoms with Crippen molar-refractivity contribution in [1.82, 2.24) is 4.98 Å². The van der Waals surface area contributed by atoms with Crippen LogP contribution >= 0.6 is 46.6 Å². The van der Waals surface area contributed by atoms with Gasteiger partial charge in [-0.25, -0.2) is 4.98 Å². The van der Waals surface area contributed by atoms with Gasteiger partial charge in [-0.15, -0.1) is 11.3 Å². The minimum Gasteiger partial charge on any atom is -0.281 e. The zero-order valence-corrected chi connectivity index (χ0v) is 16.6. The molecule has 12 heteroatoms. The molecule has 0 bridgehead atoms. The highest BCUT2D eigenvalue weighted by Gasteiger charge is 2.32. The molecular weight excluding hydrogens is 464 g/mol.